The highest BCUT2D eigenvalue weighted by Crippen LogP contribution is 2.32. The third-order valence-corrected chi connectivity index (χ3v) is 4.97. The number of nitrogens with zero attached hydrogens (tertiary/aromatic N) is 3. The van der Waals surface area contributed by atoms with Gasteiger partial charge in [-0.3, -0.25) is 4.98 Å². The Morgan fingerprint density at radius 2 is 1.67 bits per heavy atom. The normalized spacial score (nSPS) is 11.9. The molecule has 0 amide bonds. The minimum Gasteiger partial charge on any atom is -0.487 e. The van der Waals surface area contributed by atoms with Gasteiger partial charge in [-0.2, -0.15) is 0 Å². The number of hydrogen-bond donors (Lipinski definition) is 1. The molecule has 2 aromatic heterocycles. The Morgan fingerprint density at radius 3 is 2.27 bits per heavy atom. The number of rotatable bonds is 8. The highest BCUT2D eigenvalue weighted by atomic mass is 16.5. The molecule has 2 N–H and O–H groups in total. The Morgan fingerprint density at radius 1 is 0.933 bits per heavy atom. The van der Waals surface area contributed by atoms with E-state index in [0.717, 1.165) is 29.8 Å². The minimum atomic E-state index is 0.0725. The standard InChI is InChI=1S/C24H24N4O2/c1-2-5-22(17-7-9-19(10-8-17)23-27-28-24(25)30-23)18-11-13-21(14-12-18)29-16-20-6-3-4-15-26-20/h3-4,6-15,22H,2,5,16H2,1H3,(H2,25,28). The van der Waals surface area contributed by atoms with Crippen molar-refractivity contribution in [3.63, 3.8) is 0 Å². The maximum absolute atomic E-state index is 5.86. The van der Waals surface area contributed by atoms with Crippen LogP contribution in [0.3, 0.4) is 0 Å². The summed E-state index contributed by atoms with van der Waals surface area (Å²) in [4.78, 5) is 4.29. The largest absolute Gasteiger partial charge is 0.487 e. The van der Waals surface area contributed by atoms with Crippen LogP contribution in [0, 0.1) is 0 Å². The summed E-state index contributed by atoms with van der Waals surface area (Å²) in [6.45, 7) is 2.66. The van der Waals surface area contributed by atoms with Crippen LogP contribution in [-0.4, -0.2) is 15.2 Å². The van der Waals surface area contributed by atoms with Crippen LogP contribution in [0.25, 0.3) is 11.5 Å². The molecule has 1 unspecified atom stereocenters. The maximum atomic E-state index is 5.86. The molecule has 152 valence electrons. The van der Waals surface area contributed by atoms with Gasteiger partial charge >= 0.3 is 6.01 Å². The second-order valence-corrected chi connectivity index (χ2v) is 7.09. The maximum Gasteiger partial charge on any atom is 0.313 e. The molecule has 0 fully saturated rings. The zero-order valence-corrected chi connectivity index (χ0v) is 16.9. The van der Waals surface area contributed by atoms with E-state index in [0.29, 0.717) is 18.4 Å². The van der Waals surface area contributed by atoms with E-state index in [1.54, 1.807) is 6.20 Å². The highest BCUT2D eigenvalue weighted by Gasteiger charge is 2.15. The first-order valence-corrected chi connectivity index (χ1v) is 10.0. The van der Waals surface area contributed by atoms with E-state index in [1.165, 1.54) is 11.1 Å². The SMILES string of the molecule is CCCC(c1ccc(OCc2ccccn2)cc1)c1ccc(-c2nnc(N)o2)cc1. The number of benzene rings is 2. The van der Waals surface area contributed by atoms with Crippen LogP contribution in [0.2, 0.25) is 0 Å². The predicted octanol–water partition coefficient (Wildman–Crippen LogP) is 5.22. The summed E-state index contributed by atoms with van der Waals surface area (Å²) < 4.78 is 11.2. The fraction of sp³-hybridized carbons (Fsp3) is 0.208. The van der Waals surface area contributed by atoms with Crippen LogP contribution in [0.5, 0.6) is 5.75 Å². The minimum absolute atomic E-state index is 0.0725. The van der Waals surface area contributed by atoms with Gasteiger partial charge in [0.05, 0.1) is 5.69 Å². The van der Waals surface area contributed by atoms with Crippen molar-refractivity contribution in [3.8, 4) is 17.2 Å². The molecule has 6 heteroatoms. The summed E-state index contributed by atoms with van der Waals surface area (Å²) in [7, 11) is 0. The van der Waals surface area contributed by atoms with Crippen LogP contribution in [0.4, 0.5) is 6.01 Å². The molecule has 6 nitrogen and oxygen atoms in total. The molecule has 2 aromatic carbocycles. The monoisotopic (exact) mass is 400 g/mol. The van der Waals surface area contributed by atoms with E-state index >= 15 is 0 Å². The van der Waals surface area contributed by atoms with Crippen molar-refractivity contribution in [2.45, 2.75) is 32.3 Å². The smallest absolute Gasteiger partial charge is 0.313 e. The fourth-order valence-corrected chi connectivity index (χ4v) is 3.46. The molecular formula is C24H24N4O2. The van der Waals surface area contributed by atoms with Gasteiger partial charge in [-0.15, -0.1) is 5.10 Å². The number of nitrogen functional groups attached to an aromatic ring is 1. The molecule has 0 saturated carbocycles. The number of hydrogen-bond acceptors (Lipinski definition) is 6. The Kier molecular flexibility index (Phi) is 6.03. The van der Waals surface area contributed by atoms with Crippen molar-refractivity contribution in [3.05, 3.63) is 89.7 Å². The second-order valence-electron chi connectivity index (χ2n) is 7.09. The van der Waals surface area contributed by atoms with Crippen molar-refractivity contribution < 1.29 is 9.15 Å². The molecule has 4 rings (SSSR count). The van der Waals surface area contributed by atoms with Gasteiger partial charge in [-0.25, -0.2) is 0 Å². The third kappa shape index (κ3) is 4.66. The molecule has 0 radical (unpaired) electrons. The summed E-state index contributed by atoms with van der Waals surface area (Å²) >= 11 is 0. The van der Waals surface area contributed by atoms with Crippen molar-refractivity contribution in [1.82, 2.24) is 15.2 Å². The Balaban J connectivity index is 1.48. The van der Waals surface area contributed by atoms with Gasteiger partial charge in [-0.05, 0) is 53.9 Å². The van der Waals surface area contributed by atoms with Gasteiger partial charge in [0.2, 0.25) is 5.89 Å². The Labute approximate surface area is 175 Å². The van der Waals surface area contributed by atoms with E-state index < -0.39 is 0 Å². The third-order valence-electron chi connectivity index (χ3n) is 4.97. The lowest BCUT2D eigenvalue weighted by Gasteiger charge is -2.18. The molecule has 4 aromatic rings. The fourth-order valence-electron chi connectivity index (χ4n) is 3.46. The zero-order valence-electron chi connectivity index (χ0n) is 16.9. The molecule has 0 aliphatic carbocycles. The Hall–Kier alpha value is -3.67. The van der Waals surface area contributed by atoms with Gasteiger partial charge < -0.3 is 14.9 Å². The van der Waals surface area contributed by atoms with E-state index in [9.17, 15) is 0 Å². The van der Waals surface area contributed by atoms with Gasteiger partial charge in [-0.1, -0.05) is 48.8 Å². The van der Waals surface area contributed by atoms with Gasteiger partial charge in [0.25, 0.3) is 0 Å². The van der Waals surface area contributed by atoms with Crippen molar-refractivity contribution >= 4 is 6.01 Å². The molecule has 0 bridgehead atoms. The Bertz CT molecular complexity index is 1060. The van der Waals surface area contributed by atoms with Crippen molar-refractivity contribution in [2.24, 2.45) is 0 Å². The summed E-state index contributed by atoms with van der Waals surface area (Å²) in [5.41, 5.74) is 9.80. The predicted molar refractivity (Wildman–Crippen MR) is 116 cm³/mol. The second kappa shape index (κ2) is 9.22. The molecule has 0 aliphatic rings. The highest BCUT2D eigenvalue weighted by molar-refractivity contribution is 5.54. The quantitative estimate of drug-likeness (QED) is 0.436. The van der Waals surface area contributed by atoms with Gasteiger partial charge in [0, 0.05) is 17.7 Å². The molecule has 1 atom stereocenters. The number of anilines is 1. The molecule has 0 aliphatic heterocycles. The average Bonchev–Trinajstić information content (AvgIpc) is 3.24. The van der Waals surface area contributed by atoms with Gasteiger partial charge in [0.15, 0.2) is 0 Å². The van der Waals surface area contributed by atoms with Crippen molar-refractivity contribution in [1.29, 1.82) is 0 Å². The van der Waals surface area contributed by atoms with E-state index in [-0.39, 0.29) is 6.01 Å². The number of ether oxygens (including phenoxy) is 1. The first-order valence-electron chi connectivity index (χ1n) is 10.0. The van der Waals surface area contributed by atoms with Crippen LogP contribution in [0.15, 0.2) is 77.3 Å². The first-order chi connectivity index (χ1) is 14.7. The average molecular weight is 400 g/mol. The van der Waals surface area contributed by atoms with Crippen LogP contribution < -0.4 is 10.5 Å². The lowest BCUT2D eigenvalue weighted by molar-refractivity contribution is 0.301. The summed E-state index contributed by atoms with van der Waals surface area (Å²) in [6, 6.07) is 22.4. The number of nitrogens with two attached hydrogens (primary N) is 1. The summed E-state index contributed by atoms with van der Waals surface area (Å²) in [6.07, 6.45) is 3.92. The molecule has 2 heterocycles. The number of aromatic nitrogens is 3. The first kappa shape index (κ1) is 19.6. The molecule has 0 saturated heterocycles. The van der Waals surface area contributed by atoms with E-state index in [2.05, 4.69) is 46.4 Å². The van der Waals surface area contributed by atoms with E-state index in [4.69, 9.17) is 14.9 Å². The molecular weight excluding hydrogens is 376 g/mol. The number of pyridine rings is 1. The van der Waals surface area contributed by atoms with Crippen LogP contribution in [-0.2, 0) is 6.61 Å². The summed E-state index contributed by atoms with van der Waals surface area (Å²) in [5.74, 6) is 1.58. The zero-order chi connectivity index (χ0) is 20.8. The summed E-state index contributed by atoms with van der Waals surface area (Å²) in [5, 5.41) is 7.66. The van der Waals surface area contributed by atoms with Crippen LogP contribution in [0.1, 0.15) is 42.5 Å². The van der Waals surface area contributed by atoms with Crippen LogP contribution >= 0.6 is 0 Å². The van der Waals surface area contributed by atoms with Gasteiger partial charge in [0.1, 0.15) is 12.4 Å². The van der Waals surface area contributed by atoms with E-state index in [1.807, 2.05) is 42.5 Å². The lowest BCUT2D eigenvalue weighted by Crippen LogP contribution is -2.02. The lowest BCUT2D eigenvalue weighted by atomic mass is 9.87. The van der Waals surface area contributed by atoms with Crippen molar-refractivity contribution in [2.75, 3.05) is 5.73 Å². The molecule has 30 heavy (non-hydrogen) atoms. The molecule has 0 spiro atoms. The topological polar surface area (TPSA) is 87.1 Å².